The Balaban J connectivity index is 1.73. The molecular formula is C21H23F3N2O3. The minimum Gasteiger partial charge on any atom is -0.484 e. The first kappa shape index (κ1) is 21.0. The molecule has 0 bridgehead atoms. The first-order valence-electron chi connectivity index (χ1n) is 9.42. The Bertz CT molecular complexity index is 832. The van der Waals surface area contributed by atoms with Gasteiger partial charge in [0.05, 0.1) is 30.2 Å². The third-order valence-corrected chi connectivity index (χ3v) is 4.65. The summed E-state index contributed by atoms with van der Waals surface area (Å²) in [5.41, 5.74) is 0.959. The van der Waals surface area contributed by atoms with Gasteiger partial charge in [-0.1, -0.05) is 19.1 Å². The van der Waals surface area contributed by atoms with Crippen LogP contribution in [0.1, 0.15) is 18.1 Å². The maximum atomic E-state index is 13.1. The highest BCUT2D eigenvalue weighted by molar-refractivity contribution is 5.95. The zero-order valence-corrected chi connectivity index (χ0v) is 16.1. The Morgan fingerprint density at radius 1 is 1.14 bits per heavy atom. The van der Waals surface area contributed by atoms with Gasteiger partial charge in [-0.2, -0.15) is 13.2 Å². The molecule has 1 heterocycles. The minimum absolute atomic E-state index is 0.108. The fourth-order valence-corrected chi connectivity index (χ4v) is 3.05. The quantitative estimate of drug-likeness (QED) is 0.781. The van der Waals surface area contributed by atoms with Gasteiger partial charge in [0.1, 0.15) is 5.75 Å². The smallest absolute Gasteiger partial charge is 0.416 e. The van der Waals surface area contributed by atoms with E-state index in [1.165, 1.54) is 6.07 Å². The number of morpholine rings is 1. The largest absolute Gasteiger partial charge is 0.484 e. The first-order chi connectivity index (χ1) is 13.9. The number of alkyl halides is 3. The van der Waals surface area contributed by atoms with Gasteiger partial charge in [-0.3, -0.25) is 4.79 Å². The van der Waals surface area contributed by atoms with Gasteiger partial charge in [-0.15, -0.1) is 0 Å². The van der Waals surface area contributed by atoms with E-state index in [1.807, 2.05) is 24.0 Å². The molecule has 1 aliphatic rings. The monoisotopic (exact) mass is 408 g/mol. The Labute approximate surface area is 167 Å². The lowest BCUT2D eigenvalue weighted by Crippen LogP contribution is -2.37. The fraction of sp³-hybridized carbons (Fsp3) is 0.381. The van der Waals surface area contributed by atoms with Gasteiger partial charge in [0, 0.05) is 13.1 Å². The molecule has 1 fully saturated rings. The zero-order valence-electron chi connectivity index (χ0n) is 16.1. The first-order valence-corrected chi connectivity index (χ1v) is 9.42. The third kappa shape index (κ3) is 5.63. The van der Waals surface area contributed by atoms with E-state index < -0.39 is 17.6 Å². The van der Waals surface area contributed by atoms with Crippen molar-refractivity contribution in [2.45, 2.75) is 19.5 Å². The average Bonchev–Trinajstić information content (AvgIpc) is 2.72. The van der Waals surface area contributed by atoms with Crippen molar-refractivity contribution in [2.24, 2.45) is 0 Å². The highest BCUT2D eigenvalue weighted by Gasteiger charge is 2.32. The van der Waals surface area contributed by atoms with Crippen LogP contribution in [-0.4, -0.2) is 38.8 Å². The van der Waals surface area contributed by atoms with E-state index in [9.17, 15) is 18.0 Å². The summed E-state index contributed by atoms with van der Waals surface area (Å²) in [5, 5.41) is 2.57. The van der Waals surface area contributed by atoms with Crippen molar-refractivity contribution in [1.82, 2.24) is 0 Å². The molecule has 3 rings (SSSR count). The van der Waals surface area contributed by atoms with Crippen LogP contribution in [0.15, 0.2) is 42.5 Å². The maximum absolute atomic E-state index is 13.1. The Hall–Kier alpha value is -2.74. The van der Waals surface area contributed by atoms with E-state index in [4.69, 9.17) is 9.47 Å². The van der Waals surface area contributed by atoms with Crippen molar-refractivity contribution in [2.75, 3.05) is 43.1 Å². The second-order valence-electron chi connectivity index (χ2n) is 6.66. The molecule has 2 aromatic rings. The number of nitrogens with one attached hydrogen (secondary N) is 1. The number of hydrogen-bond acceptors (Lipinski definition) is 4. The van der Waals surface area contributed by atoms with Crippen molar-refractivity contribution < 1.29 is 27.4 Å². The van der Waals surface area contributed by atoms with Gasteiger partial charge in [-0.05, 0) is 42.3 Å². The van der Waals surface area contributed by atoms with E-state index in [0.29, 0.717) is 37.7 Å². The molecule has 1 amide bonds. The number of amides is 1. The molecule has 0 aromatic heterocycles. The predicted octanol–water partition coefficient (Wildman–Crippen LogP) is 4.12. The van der Waals surface area contributed by atoms with E-state index in [2.05, 4.69) is 5.32 Å². The second-order valence-corrected chi connectivity index (χ2v) is 6.66. The molecule has 0 unspecified atom stereocenters. The van der Waals surface area contributed by atoms with Crippen molar-refractivity contribution >= 4 is 17.3 Å². The molecule has 0 aliphatic carbocycles. The number of carbonyl (C=O) groups is 1. The number of nitrogens with zero attached hydrogens (tertiary/aromatic N) is 1. The van der Waals surface area contributed by atoms with Crippen LogP contribution < -0.4 is 15.0 Å². The average molecular weight is 408 g/mol. The zero-order chi connectivity index (χ0) is 20.9. The summed E-state index contributed by atoms with van der Waals surface area (Å²) in [5.74, 6) is -0.00630. The van der Waals surface area contributed by atoms with Crippen molar-refractivity contribution in [3.8, 4) is 5.75 Å². The molecule has 0 radical (unpaired) electrons. The van der Waals surface area contributed by atoms with Crippen molar-refractivity contribution in [1.29, 1.82) is 0 Å². The van der Waals surface area contributed by atoms with Gasteiger partial charge in [0.25, 0.3) is 5.91 Å². The molecule has 2 aromatic carbocycles. The lowest BCUT2D eigenvalue weighted by atomic mass is 10.1. The number of ether oxygens (including phenoxy) is 2. The molecule has 0 spiro atoms. The summed E-state index contributed by atoms with van der Waals surface area (Å²) in [7, 11) is 0. The summed E-state index contributed by atoms with van der Waals surface area (Å²) in [6.07, 6.45) is -3.61. The van der Waals surface area contributed by atoms with Gasteiger partial charge >= 0.3 is 6.18 Å². The molecular weight excluding hydrogens is 385 g/mol. The van der Waals surface area contributed by atoms with Crippen LogP contribution in [0, 0.1) is 0 Å². The molecule has 29 heavy (non-hydrogen) atoms. The van der Waals surface area contributed by atoms with Gasteiger partial charge in [0.15, 0.2) is 6.61 Å². The van der Waals surface area contributed by atoms with Crippen LogP contribution in [0.4, 0.5) is 24.5 Å². The topological polar surface area (TPSA) is 50.8 Å². The number of benzene rings is 2. The molecule has 0 saturated carbocycles. The number of halogens is 3. The summed E-state index contributed by atoms with van der Waals surface area (Å²) in [6.45, 7) is 3.76. The third-order valence-electron chi connectivity index (χ3n) is 4.65. The van der Waals surface area contributed by atoms with E-state index in [0.717, 1.165) is 24.1 Å². The molecule has 1 saturated heterocycles. The lowest BCUT2D eigenvalue weighted by Gasteiger charge is -2.31. The van der Waals surface area contributed by atoms with Crippen molar-refractivity contribution in [3.63, 3.8) is 0 Å². The molecule has 5 nitrogen and oxygen atoms in total. The standard InChI is InChI=1S/C21H23F3N2O3/c1-2-15-3-6-17(7-4-15)29-14-20(27)25-18-13-16(21(22,23)24)5-8-19(18)26-9-11-28-12-10-26/h3-8,13H,2,9-12,14H2,1H3,(H,25,27). The highest BCUT2D eigenvalue weighted by atomic mass is 19.4. The summed E-state index contributed by atoms with van der Waals surface area (Å²) in [4.78, 5) is 14.2. The molecule has 1 N–H and O–H groups in total. The Morgan fingerprint density at radius 3 is 2.45 bits per heavy atom. The number of rotatable bonds is 6. The fourth-order valence-electron chi connectivity index (χ4n) is 3.05. The number of anilines is 2. The van der Waals surface area contributed by atoms with E-state index in [-0.39, 0.29) is 12.3 Å². The normalized spacial score (nSPS) is 14.6. The van der Waals surface area contributed by atoms with Crippen LogP contribution in [0.25, 0.3) is 0 Å². The summed E-state index contributed by atoms with van der Waals surface area (Å²) >= 11 is 0. The predicted molar refractivity (Wildman–Crippen MR) is 104 cm³/mol. The van der Waals surface area contributed by atoms with Crippen LogP contribution in [0.2, 0.25) is 0 Å². The second kappa shape index (κ2) is 9.17. The molecule has 0 atom stereocenters. The van der Waals surface area contributed by atoms with Gasteiger partial charge in [0.2, 0.25) is 0 Å². The van der Waals surface area contributed by atoms with Crippen LogP contribution in [-0.2, 0) is 22.1 Å². The van der Waals surface area contributed by atoms with E-state index >= 15 is 0 Å². The lowest BCUT2D eigenvalue weighted by molar-refractivity contribution is -0.137. The van der Waals surface area contributed by atoms with Crippen molar-refractivity contribution in [3.05, 3.63) is 53.6 Å². The highest BCUT2D eigenvalue weighted by Crippen LogP contribution is 2.35. The van der Waals surface area contributed by atoms with Crippen LogP contribution >= 0.6 is 0 Å². The Kier molecular flexibility index (Phi) is 6.64. The SMILES string of the molecule is CCc1ccc(OCC(=O)Nc2cc(C(F)(F)F)ccc2N2CCOCC2)cc1. The number of hydrogen-bond donors (Lipinski definition) is 1. The number of carbonyl (C=O) groups excluding carboxylic acids is 1. The minimum atomic E-state index is -4.50. The van der Waals surface area contributed by atoms with E-state index in [1.54, 1.807) is 12.1 Å². The summed E-state index contributed by atoms with van der Waals surface area (Å²) < 4.78 is 50.2. The number of aryl methyl sites for hydroxylation is 1. The summed E-state index contributed by atoms with van der Waals surface area (Å²) in [6, 6.07) is 10.7. The van der Waals surface area contributed by atoms with Crippen LogP contribution in [0.5, 0.6) is 5.75 Å². The molecule has 8 heteroatoms. The molecule has 1 aliphatic heterocycles. The maximum Gasteiger partial charge on any atom is 0.416 e. The van der Waals surface area contributed by atoms with Gasteiger partial charge < -0.3 is 19.7 Å². The van der Waals surface area contributed by atoms with Gasteiger partial charge in [-0.25, -0.2) is 0 Å². The van der Waals surface area contributed by atoms with Crippen LogP contribution in [0.3, 0.4) is 0 Å². The Morgan fingerprint density at radius 2 is 1.83 bits per heavy atom. The molecule has 156 valence electrons.